The molecule has 1 aliphatic heterocycles. The Morgan fingerprint density at radius 2 is 2.12 bits per heavy atom. The Balaban J connectivity index is 2.73. The predicted molar refractivity (Wildman–Crippen MR) is 58.5 cm³/mol. The lowest BCUT2D eigenvalue weighted by Gasteiger charge is -2.18. The Labute approximate surface area is 97.5 Å². The van der Waals surface area contributed by atoms with Crippen molar-refractivity contribution in [2.24, 2.45) is 0 Å². The lowest BCUT2D eigenvalue weighted by Crippen LogP contribution is -2.30. The Bertz CT molecular complexity index is 605. The minimum atomic E-state index is -3.79. The first kappa shape index (κ1) is 11.6. The van der Waals surface area contributed by atoms with E-state index >= 15 is 0 Å². The minimum absolute atomic E-state index is 0.0648. The number of carbonyl (C=O) groups is 2. The third kappa shape index (κ3) is 1.89. The number of anilines is 1. The molecule has 0 atom stereocenters. The number of hydrogen-bond acceptors (Lipinski definition) is 5. The number of nitrogens with one attached hydrogen (secondary N) is 1. The number of methoxy groups -OCH3 is 1. The monoisotopic (exact) mass is 255 g/mol. The van der Waals surface area contributed by atoms with Crippen LogP contribution in [0.3, 0.4) is 0 Å². The Hall–Kier alpha value is -1.89. The number of esters is 1. The molecule has 0 saturated carbocycles. The van der Waals surface area contributed by atoms with E-state index in [1.54, 1.807) is 0 Å². The van der Waals surface area contributed by atoms with Gasteiger partial charge in [0.15, 0.2) is 9.84 Å². The van der Waals surface area contributed by atoms with Gasteiger partial charge in [-0.05, 0) is 12.1 Å². The molecule has 1 amide bonds. The van der Waals surface area contributed by atoms with E-state index in [9.17, 15) is 18.0 Å². The first-order valence-electron chi connectivity index (χ1n) is 4.69. The number of amides is 1. The van der Waals surface area contributed by atoms with Gasteiger partial charge in [-0.2, -0.15) is 0 Å². The molecular formula is C10H9NO5S. The maximum absolute atomic E-state index is 11.9. The smallest absolute Gasteiger partial charge is 0.339 e. The summed E-state index contributed by atoms with van der Waals surface area (Å²) >= 11 is 0. The third-order valence-corrected chi connectivity index (χ3v) is 4.03. The fraction of sp³-hybridized carbons (Fsp3) is 0.200. The SMILES string of the molecule is COC(=O)c1cccc2c1S(=O)(=O)CC(=O)N2. The zero-order chi connectivity index (χ0) is 12.6. The van der Waals surface area contributed by atoms with Gasteiger partial charge in [-0.1, -0.05) is 6.07 Å². The van der Waals surface area contributed by atoms with E-state index in [0.29, 0.717) is 0 Å². The molecule has 0 aromatic heterocycles. The van der Waals surface area contributed by atoms with Crippen LogP contribution in [0.2, 0.25) is 0 Å². The van der Waals surface area contributed by atoms with Crippen LogP contribution in [0.5, 0.6) is 0 Å². The van der Waals surface area contributed by atoms with E-state index in [1.807, 2.05) is 0 Å². The molecule has 6 nitrogen and oxygen atoms in total. The normalized spacial score (nSPS) is 16.9. The molecule has 0 saturated heterocycles. The van der Waals surface area contributed by atoms with E-state index in [4.69, 9.17) is 0 Å². The van der Waals surface area contributed by atoms with Gasteiger partial charge < -0.3 is 10.1 Å². The van der Waals surface area contributed by atoms with E-state index in [1.165, 1.54) is 18.2 Å². The molecule has 0 fully saturated rings. The van der Waals surface area contributed by atoms with Crippen LogP contribution in [0.25, 0.3) is 0 Å². The van der Waals surface area contributed by atoms with Crippen LogP contribution in [-0.4, -0.2) is 33.2 Å². The highest BCUT2D eigenvalue weighted by atomic mass is 32.2. The van der Waals surface area contributed by atoms with Gasteiger partial charge in [0.25, 0.3) is 0 Å². The first-order chi connectivity index (χ1) is 7.95. The highest BCUT2D eigenvalue weighted by molar-refractivity contribution is 7.92. The maximum atomic E-state index is 11.9. The van der Waals surface area contributed by atoms with E-state index in [-0.39, 0.29) is 16.1 Å². The number of ether oxygens (including phenoxy) is 1. The van der Waals surface area contributed by atoms with Crippen LogP contribution < -0.4 is 5.32 Å². The lowest BCUT2D eigenvalue weighted by molar-refractivity contribution is -0.114. The number of carbonyl (C=O) groups excluding carboxylic acids is 2. The molecule has 0 radical (unpaired) electrons. The number of sulfone groups is 1. The molecule has 17 heavy (non-hydrogen) atoms. The molecule has 2 rings (SSSR count). The Morgan fingerprint density at radius 3 is 2.76 bits per heavy atom. The minimum Gasteiger partial charge on any atom is -0.465 e. The summed E-state index contributed by atoms with van der Waals surface area (Å²) in [6.07, 6.45) is 0. The largest absolute Gasteiger partial charge is 0.465 e. The molecular weight excluding hydrogens is 246 g/mol. The van der Waals surface area contributed by atoms with Gasteiger partial charge in [-0.3, -0.25) is 4.79 Å². The topological polar surface area (TPSA) is 89.5 Å². The highest BCUT2D eigenvalue weighted by Crippen LogP contribution is 2.30. The van der Waals surface area contributed by atoms with E-state index < -0.39 is 27.5 Å². The Morgan fingerprint density at radius 1 is 1.41 bits per heavy atom. The second kappa shape index (κ2) is 3.85. The van der Waals surface area contributed by atoms with Crippen molar-refractivity contribution in [2.45, 2.75) is 4.90 Å². The van der Waals surface area contributed by atoms with Crippen molar-refractivity contribution in [1.29, 1.82) is 0 Å². The lowest BCUT2D eigenvalue weighted by atomic mass is 10.2. The highest BCUT2D eigenvalue weighted by Gasteiger charge is 2.33. The van der Waals surface area contributed by atoms with Crippen molar-refractivity contribution >= 4 is 27.4 Å². The van der Waals surface area contributed by atoms with Gasteiger partial charge in [0.1, 0.15) is 10.6 Å². The van der Waals surface area contributed by atoms with Crippen LogP contribution in [0.1, 0.15) is 10.4 Å². The zero-order valence-electron chi connectivity index (χ0n) is 8.89. The van der Waals surface area contributed by atoms with Crippen LogP contribution in [0.4, 0.5) is 5.69 Å². The quantitative estimate of drug-likeness (QED) is 0.724. The van der Waals surface area contributed by atoms with Crippen molar-refractivity contribution in [3.05, 3.63) is 23.8 Å². The summed E-state index contributed by atoms with van der Waals surface area (Å²) in [5, 5.41) is 2.41. The number of hydrogen-bond donors (Lipinski definition) is 1. The summed E-state index contributed by atoms with van der Waals surface area (Å²) in [6, 6.07) is 4.25. The molecule has 1 aromatic rings. The molecule has 1 heterocycles. The fourth-order valence-electron chi connectivity index (χ4n) is 1.67. The van der Waals surface area contributed by atoms with Gasteiger partial charge in [0.05, 0.1) is 18.4 Å². The van der Waals surface area contributed by atoms with Crippen LogP contribution in [0.15, 0.2) is 23.1 Å². The number of fused-ring (bicyclic) bond motifs is 1. The average Bonchev–Trinajstić information content (AvgIpc) is 2.25. The number of rotatable bonds is 1. The fourth-order valence-corrected chi connectivity index (χ4v) is 3.17. The van der Waals surface area contributed by atoms with Gasteiger partial charge in [-0.25, -0.2) is 13.2 Å². The number of benzene rings is 1. The third-order valence-electron chi connectivity index (χ3n) is 2.33. The summed E-state index contributed by atoms with van der Waals surface area (Å²) in [6.45, 7) is 0. The standard InChI is InChI=1S/C10H9NO5S/c1-16-10(13)6-3-2-4-7-9(6)17(14,15)5-8(12)11-7/h2-4H,5H2,1H3,(H,11,12). The second-order valence-electron chi connectivity index (χ2n) is 3.48. The molecule has 7 heteroatoms. The van der Waals surface area contributed by atoms with Crippen molar-refractivity contribution in [1.82, 2.24) is 0 Å². The van der Waals surface area contributed by atoms with Crippen molar-refractivity contribution in [3.8, 4) is 0 Å². The first-order valence-corrected chi connectivity index (χ1v) is 6.35. The van der Waals surface area contributed by atoms with Gasteiger partial charge >= 0.3 is 5.97 Å². The summed E-state index contributed by atoms with van der Waals surface area (Å²) in [5.74, 6) is -2.02. The van der Waals surface area contributed by atoms with Crippen LogP contribution in [-0.2, 0) is 19.4 Å². The molecule has 90 valence electrons. The van der Waals surface area contributed by atoms with Crippen LogP contribution in [0, 0.1) is 0 Å². The molecule has 0 unspecified atom stereocenters. The van der Waals surface area contributed by atoms with Gasteiger partial charge in [-0.15, -0.1) is 0 Å². The average molecular weight is 255 g/mol. The van der Waals surface area contributed by atoms with Crippen molar-refractivity contribution in [3.63, 3.8) is 0 Å². The molecule has 0 spiro atoms. The van der Waals surface area contributed by atoms with Crippen molar-refractivity contribution < 1.29 is 22.7 Å². The predicted octanol–water partition coefficient (Wildman–Crippen LogP) is 0.199. The van der Waals surface area contributed by atoms with E-state index in [0.717, 1.165) is 7.11 Å². The van der Waals surface area contributed by atoms with Crippen LogP contribution >= 0.6 is 0 Å². The van der Waals surface area contributed by atoms with E-state index in [2.05, 4.69) is 10.1 Å². The summed E-state index contributed by atoms with van der Waals surface area (Å²) in [7, 11) is -2.63. The molecule has 1 aliphatic rings. The summed E-state index contributed by atoms with van der Waals surface area (Å²) < 4.78 is 28.2. The second-order valence-corrected chi connectivity index (χ2v) is 5.41. The molecule has 1 N–H and O–H groups in total. The van der Waals surface area contributed by atoms with Gasteiger partial charge in [0, 0.05) is 0 Å². The molecule has 0 bridgehead atoms. The zero-order valence-corrected chi connectivity index (χ0v) is 9.71. The Kier molecular flexibility index (Phi) is 2.62. The van der Waals surface area contributed by atoms with Gasteiger partial charge in [0.2, 0.25) is 5.91 Å². The summed E-state index contributed by atoms with van der Waals surface area (Å²) in [4.78, 5) is 22.5. The maximum Gasteiger partial charge on any atom is 0.339 e. The summed E-state index contributed by atoms with van der Waals surface area (Å²) in [5.41, 5.74) is 0.0501. The molecule has 1 aromatic carbocycles. The van der Waals surface area contributed by atoms with Crippen molar-refractivity contribution in [2.75, 3.05) is 18.2 Å². The molecule has 0 aliphatic carbocycles.